The molecule has 3 N–H and O–H groups in total. The van der Waals surface area contributed by atoms with Crippen LogP contribution in [0.25, 0.3) is 0 Å². The molecule has 2 heterocycles. The Labute approximate surface area is 195 Å². The van der Waals surface area contributed by atoms with Gasteiger partial charge in [0.2, 0.25) is 5.91 Å². The van der Waals surface area contributed by atoms with E-state index in [1.807, 2.05) is 11.9 Å². The second kappa shape index (κ2) is 9.36. The van der Waals surface area contributed by atoms with Crippen molar-refractivity contribution in [3.8, 4) is 0 Å². The van der Waals surface area contributed by atoms with E-state index in [1.165, 1.54) is 17.4 Å². The number of carbonyl (C=O) groups is 3. The number of nitrogens with one attached hydrogen (secondary N) is 3. The highest BCUT2D eigenvalue weighted by molar-refractivity contribution is 6.09. The second-order valence-corrected chi connectivity index (χ2v) is 9.24. The number of carbonyl (C=O) groups excluding carboxylic acids is 3. The van der Waals surface area contributed by atoms with Gasteiger partial charge in [-0.1, -0.05) is 25.0 Å². The maximum absolute atomic E-state index is 13.3. The summed E-state index contributed by atoms with van der Waals surface area (Å²) < 4.78 is 37.5. The average Bonchev–Trinajstić information content (AvgIpc) is 3.36. The number of alkyl halides is 3. The first-order chi connectivity index (χ1) is 16.1. The van der Waals surface area contributed by atoms with Crippen molar-refractivity contribution in [2.24, 2.45) is 0 Å². The number of amidine groups is 1. The number of benzene rings is 1. The lowest BCUT2D eigenvalue weighted by atomic mass is 9.89. The van der Waals surface area contributed by atoms with E-state index < -0.39 is 17.9 Å². The van der Waals surface area contributed by atoms with Crippen molar-refractivity contribution in [1.29, 1.82) is 5.41 Å². The van der Waals surface area contributed by atoms with Gasteiger partial charge in [-0.15, -0.1) is 0 Å². The van der Waals surface area contributed by atoms with Crippen LogP contribution in [-0.4, -0.2) is 71.3 Å². The third kappa shape index (κ3) is 4.79. The van der Waals surface area contributed by atoms with Gasteiger partial charge in [0, 0.05) is 23.7 Å². The zero-order valence-corrected chi connectivity index (χ0v) is 18.9. The lowest BCUT2D eigenvalue weighted by Gasteiger charge is -2.39. The number of halogens is 3. The molecule has 3 amide bonds. The van der Waals surface area contributed by atoms with E-state index in [-0.39, 0.29) is 35.5 Å². The van der Waals surface area contributed by atoms with Gasteiger partial charge in [0.25, 0.3) is 5.91 Å². The van der Waals surface area contributed by atoms with E-state index >= 15 is 0 Å². The van der Waals surface area contributed by atoms with E-state index in [2.05, 4.69) is 5.32 Å². The summed E-state index contributed by atoms with van der Waals surface area (Å²) in [5.74, 6) is -3.26. The number of rotatable bonds is 4. The second-order valence-electron chi connectivity index (χ2n) is 9.24. The fourth-order valence-corrected chi connectivity index (χ4v) is 5.18. The maximum Gasteiger partial charge on any atom is 0.471 e. The highest BCUT2D eigenvalue weighted by atomic mass is 19.4. The SMILES string of the molecule is CN1CCC[C@H]1C(=O)NC1CCCCC1N1Cc2ccc(C(=N)NC(=O)C(F)(F)F)cc2C1=O. The molecule has 184 valence electrons. The number of hydrogen-bond acceptors (Lipinski definition) is 5. The van der Waals surface area contributed by atoms with E-state index in [4.69, 9.17) is 5.41 Å². The van der Waals surface area contributed by atoms with Crippen LogP contribution in [0.1, 0.15) is 60.0 Å². The van der Waals surface area contributed by atoms with E-state index in [0.29, 0.717) is 17.7 Å². The van der Waals surface area contributed by atoms with Gasteiger partial charge in [0.1, 0.15) is 5.84 Å². The molecule has 1 saturated heterocycles. The molecule has 0 aromatic heterocycles. The summed E-state index contributed by atoms with van der Waals surface area (Å²) in [6, 6.07) is 3.86. The molecule has 11 heteroatoms. The lowest BCUT2D eigenvalue weighted by molar-refractivity contribution is -0.171. The molecule has 3 aliphatic rings. The van der Waals surface area contributed by atoms with Crippen molar-refractivity contribution in [1.82, 2.24) is 20.4 Å². The van der Waals surface area contributed by atoms with E-state index in [0.717, 1.165) is 45.1 Å². The van der Waals surface area contributed by atoms with Crippen LogP contribution in [0, 0.1) is 5.41 Å². The molecule has 2 fully saturated rings. The Morgan fingerprint density at radius 1 is 1.12 bits per heavy atom. The molecule has 34 heavy (non-hydrogen) atoms. The Hall–Kier alpha value is -2.95. The van der Waals surface area contributed by atoms with Crippen LogP contribution in [-0.2, 0) is 16.1 Å². The molecule has 0 spiro atoms. The monoisotopic (exact) mass is 479 g/mol. The fraction of sp³-hybridized carbons (Fsp3) is 0.565. The van der Waals surface area contributed by atoms with Crippen LogP contribution in [0.15, 0.2) is 18.2 Å². The Morgan fingerprint density at radius 2 is 1.85 bits per heavy atom. The summed E-state index contributed by atoms with van der Waals surface area (Å²) in [6.07, 6.45) is 0.0823. The molecular formula is C23H28F3N5O3. The fourth-order valence-electron chi connectivity index (χ4n) is 5.18. The molecule has 1 saturated carbocycles. The normalized spacial score (nSPS) is 25.2. The third-order valence-corrected chi connectivity index (χ3v) is 7.01. The predicted molar refractivity (Wildman–Crippen MR) is 117 cm³/mol. The van der Waals surface area contributed by atoms with Crippen molar-refractivity contribution in [3.05, 3.63) is 34.9 Å². The summed E-state index contributed by atoms with van der Waals surface area (Å²) in [5.41, 5.74) is 1.02. The lowest BCUT2D eigenvalue weighted by Crippen LogP contribution is -2.56. The minimum atomic E-state index is -5.11. The van der Waals surface area contributed by atoms with Gasteiger partial charge >= 0.3 is 12.1 Å². The number of likely N-dealkylation sites (tertiary alicyclic amines) is 1. The summed E-state index contributed by atoms with van der Waals surface area (Å²) in [7, 11) is 1.93. The summed E-state index contributed by atoms with van der Waals surface area (Å²) in [6.45, 7) is 1.21. The smallest absolute Gasteiger partial charge is 0.350 e. The quantitative estimate of drug-likeness (QED) is 0.455. The van der Waals surface area contributed by atoms with Crippen molar-refractivity contribution in [2.45, 2.75) is 69.4 Å². The molecule has 0 radical (unpaired) electrons. The summed E-state index contributed by atoms with van der Waals surface area (Å²) in [4.78, 5) is 41.0. The van der Waals surface area contributed by atoms with Crippen molar-refractivity contribution < 1.29 is 27.6 Å². The highest BCUT2D eigenvalue weighted by Gasteiger charge is 2.41. The van der Waals surface area contributed by atoms with Crippen LogP contribution in [0.5, 0.6) is 0 Å². The van der Waals surface area contributed by atoms with Crippen LogP contribution in [0.4, 0.5) is 13.2 Å². The van der Waals surface area contributed by atoms with Crippen molar-refractivity contribution in [3.63, 3.8) is 0 Å². The van der Waals surface area contributed by atoms with Crippen LogP contribution >= 0.6 is 0 Å². The van der Waals surface area contributed by atoms with Crippen molar-refractivity contribution in [2.75, 3.05) is 13.6 Å². The Balaban J connectivity index is 1.47. The average molecular weight is 480 g/mol. The minimum absolute atomic E-state index is 0.0165. The number of likely N-dealkylation sites (N-methyl/N-ethyl adjacent to an activating group) is 1. The van der Waals surface area contributed by atoms with Crippen LogP contribution in [0.2, 0.25) is 0 Å². The van der Waals surface area contributed by atoms with E-state index in [1.54, 1.807) is 11.0 Å². The van der Waals surface area contributed by atoms with Gasteiger partial charge < -0.3 is 15.5 Å². The topological polar surface area (TPSA) is 106 Å². The maximum atomic E-state index is 13.3. The van der Waals surface area contributed by atoms with Gasteiger partial charge in [0.05, 0.1) is 12.1 Å². The predicted octanol–water partition coefficient (Wildman–Crippen LogP) is 2.17. The van der Waals surface area contributed by atoms with Gasteiger partial charge in [-0.25, -0.2) is 0 Å². The van der Waals surface area contributed by atoms with Crippen LogP contribution < -0.4 is 10.6 Å². The van der Waals surface area contributed by atoms with Gasteiger partial charge in [-0.05, 0) is 50.9 Å². The zero-order valence-electron chi connectivity index (χ0n) is 18.9. The standard InChI is InChI=1S/C23H28F3N5O3/c1-30-10-4-7-18(30)20(32)28-16-5-2-3-6-17(16)31-12-14-9-8-13(11-15(14)21(31)33)19(27)29-22(34)23(24,25)26/h8-9,11,16-18H,2-7,10,12H2,1H3,(H,28,32)(H2,27,29,34)/t16?,17?,18-/m0/s1. The molecule has 1 aliphatic carbocycles. The molecule has 8 nitrogen and oxygen atoms in total. The molecule has 1 aromatic rings. The first-order valence-corrected chi connectivity index (χ1v) is 11.5. The summed E-state index contributed by atoms with van der Waals surface area (Å²) in [5, 5.41) is 12.5. The minimum Gasteiger partial charge on any atom is -0.350 e. The third-order valence-electron chi connectivity index (χ3n) is 7.01. The highest BCUT2D eigenvalue weighted by Crippen LogP contribution is 2.32. The number of amides is 3. The zero-order chi connectivity index (χ0) is 24.6. The largest absolute Gasteiger partial charge is 0.471 e. The Bertz CT molecular complexity index is 1010. The van der Waals surface area contributed by atoms with Gasteiger partial charge in [-0.3, -0.25) is 24.7 Å². The number of nitrogens with zero attached hydrogens (tertiary/aromatic N) is 2. The first kappa shape index (κ1) is 24.2. The van der Waals surface area contributed by atoms with Gasteiger partial charge in [0.15, 0.2) is 0 Å². The molecule has 2 unspecified atom stereocenters. The molecule has 1 aromatic carbocycles. The van der Waals surface area contributed by atoms with Crippen molar-refractivity contribution >= 4 is 23.6 Å². The molecule has 4 rings (SSSR count). The molecular weight excluding hydrogens is 451 g/mol. The molecule has 2 aliphatic heterocycles. The Kier molecular flexibility index (Phi) is 6.66. The Morgan fingerprint density at radius 3 is 2.53 bits per heavy atom. The number of hydrogen-bond donors (Lipinski definition) is 3. The van der Waals surface area contributed by atoms with E-state index in [9.17, 15) is 27.6 Å². The summed E-state index contributed by atoms with van der Waals surface area (Å²) >= 11 is 0. The molecule has 0 bridgehead atoms. The molecule has 3 atom stereocenters. The van der Waals surface area contributed by atoms with Gasteiger partial charge in [-0.2, -0.15) is 13.2 Å². The van der Waals surface area contributed by atoms with Crippen LogP contribution in [0.3, 0.4) is 0 Å². The first-order valence-electron chi connectivity index (χ1n) is 11.5. The number of fused-ring (bicyclic) bond motifs is 1.